The van der Waals surface area contributed by atoms with E-state index in [0.29, 0.717) is 0 Å². The van der Waals surface area contributed by atoms with Crippen molar-refractivity contribution in [3.63, 3.8) is 0 Å². The number of para-hydroxylation sites is 2. The maximum atomic E-state index is 14.9. The van der Waals surface area contributed by atoms with Crippen LogP contribution in [0.25, 0.3) is 0 Å². The molecule has 41 heavy (non-hydrogen) atoms. The molecule has 0 bridgehead atoms. The van der Waals surface area contributed by atoms with Crippen LogP contribution in [-0.2, 0) is 32.6 Å². The van der Waals surface area contributed by atoms with Gasteiger partial charge in [0.25, 0.3) is 0 Å². The fraction of sp³-hybridized carbons (Fsp3) is 0.355. The number of methoxy groups -OCH3 is 1. The van der Waals surface area contributed by atoms with Gasteiger partial charge >= 0.3 is 0 Å². The van der Waals surface area contributed by atoms with Crippen molar-refractivity contribution in [2.75, 3.05) is 24.2 Å². The summed E-state index contributed by atoms with van der Waals surface area (Å²) in [5.41, 5.74) is 1.22. The Labute approximate surface area is 241 Å². The van der Waals surface area contributed by atoms with Crippen molar-refractivity contribution in [1.29, 1.82) is 0 Å². The number of carbonyl (C=O) groups excluding carboxylic acids is 2. The zero-order valence-corrected chi connectivity index (χ0v) is 24.1. The Kier molecular flexibility index (Phi) is 9.99. The zero-order chi connectivity index (χ0) is 29.4. The number of halogens is 1. The first-order valence-electron chi connectivity index (χ1n) is 13.6. The lowest BCUT2D eigenvalue weighted by Crippen LogP contribution is -2.54. The number of nitrogens with zero attached hydrogens (tertiary/aromatic N) is 2. The second-order valence-corrected chi connectivity index (χ2v) is 12.2. The number of benzene rings is 3. The first-order chi connectivity index (χ1) is 19.7. The zero-order valence-electron chi connectivity index (χ0n) is 23.3. The van der Waals surface area contributed by atoms with E-state index >= 15 is 0 Å². The highest BCUT2D eigenvalue weighted by Gasteiger charge is 2.35. The van der Waals surface area contributed by atoms with Crippen molar-refractivity contribution in [1.82, 2.24) is 10.2 Å². The van der Waals surface area contributed by atoms with Crippen molar-refractivity contribution >= 4 is 27.5 Å². The van der Waals surface area contributed by atoms with E-state index in [1.54, 1.807) is 42.5 Å². The summed E-state index contributed by atoms with van der Waals surface area (Å²) in [6.45, 7) is -0.819. The maximum absolute atomic E-state index is 14.9. The Balaban J connectivity index is 1.75. The van der Waals surface area contributed by atoms with Gasteiger partial charge in [-0.25, -0.2) is 12.8 Å². The molecule has 1 fully saturated rings. The standard InChI is InChI=1S/C31H36FN3O5S/c1-40-29-19-11-10-18-27(29)35(41(2,38)39)22-30(36)34(21-24-14-6-9-17-26(24)32)28(20-23-12-4-3-5-13-23)31(37)33-25-15-7-8-16-25/h3-6,9-14,17-19,25,28H,7-8,15-16,20-22H2,1-2H3,(H,33,37)/t28-/m0/s1. The monoisotopic (exact) mass is 581 g/mol. The number of ether oxygens (including phenoxy) is 1. The van der Waals surface area contributed by atoms with Crippen LogP contribution in [0.5, 0.6) is 5.75 Å². The number of amides is 2. The number of anilines is 1. The third-order valence-corrected chi connectivity index (χ3v) is 8.43. The van der Waals surface area contributed by atoms with E-state index < -0.39 is 34.3 Å². The van der Waals surface area contributed by atoms with Gasteiger partial charge in [-0.15, -0.1) is 0 Å². The van der Waals surface area contributed by atoms with Gasteiger partial charge in [-0.3, -0.25) is 13.9 Å². The normalized spacial score (nSPS) is 14.3. The molecule has 8 nitrogen and oxygen atoms in total. The van der Waals surface area contributed by atoms with Crippen molar-refractivity contribution in [3.8, 4) is 5.75 Å². The van der Waals surface area contributed by atoms with E-state index in [1.165, 1.54) is 18.1 Å². The molecule has 0 saturated heterocycles. The Morgan fingerprint density at radius 1 is 0.976 bits per heavy atom. The van der Waals surface area contributed by atoms with E-state index in [-0.39, 0.29) is 41.9 Å². The molecule has 0 aliphatic heterocycles. The summed E-state index contributed by atoms with van der Waals surface area (Å²) < 4.78 is 47.1. The minimum absolute atomic E-state index is 0.00714. The fourth-order valence-corrected chi connectivity index (χ4v) is 6.02. The Bertz CT molecular complexity index is 1440. The molecule has 0 unspecified atom stereocenters. The predicted molar refractivity (Wildman–Crippen MR) is 156 cm³/mol. The molecule has 0 radical (unpaired) electrons. The molecular formula is C31H36FN3O5S. The van der Waals surface area contributed by atoms with Gasteiger partial charge in [0.05, 0.1) is 19.1 Å². The van der Waals surface area contributed by atoms with Crippen molar-refractivity contribution < 1.29 is 27.1 Å². The third-order valence-electron chi connectivity index (χ3n) is 7.30. The van der Waals surface area contributed by atoms with Crippen LogP contribution in [0.3, 0.4) is 0 Å². The highest BCUT2D eigenvalue weighted by atomic mass is 32.2. The Morgan fingerprint density at radius 2 is 1.61 bits per heavy atom. The molecule has 1 atom stereocenters. The van der Waals surface area contributed by atoms with Crippen LogP contribution in [0.15, 0.2) is 78.9 Å². The van der Waals surface area contributed by atoms with Gasteiger partial charge in [0.1, 0.15) is 24.2 Å². The Morgan fingerprint density at radius 3 is 2.27 bits per heavy atom. The van der Waals surface area contributed by atoms with Crippen LogP contribution in [-0.4, -0.2) is 57.1 Å². The van der Waals surface area contributed by atoms with Gasteiger partial charge in [-0.1, -0.05) is 73.5 Å². The van der Waals surface area contributed by atoms with E-state index in [2.05, 4.69) is 5.32 Å². The van der Waals surface area contributed by atoms with E-state index in [9.17, 15) is 22.4 Å². The smallest absolute Gasteiger partial charge is 0.244 e. The average Bonchev–Trinajstić information content (AvgIpc) is 3.47. The number of hydrogen-bond acceptors (Lipinski definition) is 5. The average molecular weight is 582 g/mol. The molecule has 0 spiro atoms. The highest BCUT2D eigenvalue weighted by molar-refractivity contribution is 7.92. The predicted octanol–water partition coefficient (Wildman–Crippen LogP) is 4.30. The summed E-state index contributed by atoms with van der Waals surface area (Å²) in [6, 6.07) is 20.8. The first-order valence-corrected chi connectivity index (χ1v) is 15.5. The van der Waals surface area contributed by atoms with Gasteiger partial charge in [0, 0.05) is 24.6 Å². The van der Waals surface area contributed by atoms with Gasteiger partial charge in [0.15, 0.2) is 0 Å². The summed E-state index contributed by atoms with van der Waals surface area (Å²) in [5, 5.41) is 3.09. The largest absolute Gasteiger partial charge is 0.495 e. The SMILES string of the molecule is COc1ccccc1N(CC(=O)N(Cc1ccccc1F)[C@@H](Cc1ccccc1)C(=O)NC1CCCC1)S(C)(=O)=O. The number of nitrogens with one attached hydrogen (secondary N) is 1. The van der Waals surface area contributed by atoms with Gasteiger partial charge in [-0.2, -0.15) is 0 Å². The number of carbonyl (C=O) groups is 2. The van der Waals surface area contributed by atoms with Gasteiger partial charge in [0.2, 0.25) is 21.8 Å². The molecule has 2 amide bonds. The maximum Gasteiger partial charge on any atom is 0.244 e. The van der Waals surface area contributed by atoms with Gasteiger partial charge in [-0.05, 0) is 36.6 Å². The van der Waals surface area contributed by atoms with Gasteiger partial charge < -0.3 is 15.0 Å². The van der Waals surface area contributed by atoms with Crippen LogP contribution in [0.1, 0.15) is 36.8 Å². The minimum atomic E-state index is -3.95. The molecule has 3 aromatic rings. The molecule has 1 aliphatic carbocycles. The lowest BCUT2D eigenvalue weighted by Gasteiger charge is -2.34. The molecule has 218 valence electrons. The quantitative estimate of drug-likeness (QED) is 0.344. The topological polar surface area (TPSA) is 96.0 Å². The third kappa shape index (κ3) is 7.85. The first kappa shape index (κ1) is 30.0. The van der Waals surface area contributed by atoms with Crippen LogP contribution in [0.2, 0.25) is 0 Å². The second-order valence-electron chi connectivity index (χ2n) is 10.3. The summed E-state index contributed by atoms with van der Waals surface area (Å²) in [7, 11) is -2.54. The van der Waals surface area contributed by atoms with Crippen molar-refractivity contribution in [2.45, 2.75) is 50.7 Å². The number of rotatable bonds is 12. The van der Waals surface area contributed by atoms with Crippen molar-refractivity contribution in [3.05, 3.63) is 95.8 Å². The fourth-order valence-electron chi connectivity index (χ4n) is 5.16. The summed E-state index contributed by atoms with van der Waals surface area (Å²) in [6.07, 6.45) is 4.89. The van der Waals surface area contributed by atoms with Crippen LogP contribution >= 0.6 is 0 Å². The summed E-state index contributed by atoms with van der Waals surface area (Å²) in [4.78, 5) is 29.3. The molecule has 1 aliphatic rings. The lowest BCUT2D eigenvalue weighted by atomic mass is 10.0. The molecule has 10 heteroatoms. The van der Waals surface area contributed by atoms with Crippen molar-refractivity contribution in [2.24, 2.45) is 0 Å². The molecule has 1 N–H and O–H groups in total. The summed E-state index contributed by atoms with van der Waals surface area (Å²) >= 11 is 0. The van der Waals surface area contributed by atoms with E-state index in [1.807, 2.05) is 30.3 Å². The van der Waals surface area contributed by atoms with Crippen LogP contribution < -0.4 is 14.4 Å². The molecule has 0 heterocycles. The number of sulfonamides is 1. The molecule has 4 rings (SSSR count). The molecule has 3 aromatic carbocycles. The molecule has 0 aromatic heterocycles. The molecule has 1 saturated carbocycles. The summed E-state index contributed by atoms with van der Waals surface area (Å²) in [5.74, 6) is -1.25. The minimum Gasteiger partial charge on any atom is -0.495 e. The second kappa shape index (κ2) is 13.6. The Hall–Kier alpha value is -3.92. The van der Waals surface area contributed by atoms with E-state index in [0.717, 1.165) is 41.8 Å². The van der Waals surface area contributed by atoms with Crippen LogP contribution in [0.4, 0.5) is 10.1 Å². The molecular weight excluding hydrogens is 545 g/mol. The highest BCUT2D eigenvalue weighted by Crippen LogP contribution is 2.30. The van der Waals surface area contributed by atoms with E-state index in [4.69, 9.17) is 4.74 Å². The van der Waals surface area contributed by atoms with Crippen LogP contribution in [0, 0.1) is 5.82 Å². The lowest BCUT2D eigenvalue weighted by molar-refractivity contribution is -0.140. The number of hydrogen-bond donors (Lipinski definition) is 1.